The topological polar surface area (TPSA) is 20.2 Å². The average Bonchev–Trinajstić information content (AvgIpc) is 2.03. The summed E-state index contributed by atoms with van der Waals surface area (Å²) in [4.78, 5) is 0. The van der Waals surface area contributed by atoms with Gasteiger partial charge in [-0.3, -0.25) is 0 Å². The van der Waals surface area contributed by atoms with Gasteiger partial charge in [0.2, 0.25) is 0 Å². The minimum atomic E-state index is -1.09. The van der Waals surface area contributed by atoms with E-state index < -0.39 is 8.07 Å². The van der Waals surface area contributed by atoms with Gasteiger partial charge in [-0.1, -0.05) is 38.7 Å². The van der Waals surface area contributed by atoms with Crippen molar-refractivity contribution in [3.63, 3.8) is 0 Å². The molecule has 0 aliphatic heterocycles. The van der Waals surface area contributed by atoms with Gasteiger partial charge in [0.1, 0.15) is 0 Å². The van der Waals surface area contributed by atoms with E-state index in [2.05, 4.69) is 38.7 Å². The van der Waals surface area contributed by atoms with Gasteiger partial charge in [-0.25, -0.2) is 0 Å². The first-order chi connectivity index (χ1) is 5.95. The Morgan fingerprint density at radius 3 is 2.38 bits per heavy atom. The normalized spacial score (nSPS) is 35.0. The molecule has 0 saturated heterocycles. The molecule has 1 rings (SSSR count). The number of aliphatic hydroxyl groups excluding tert-OH is 1. The maximum atomic E-state index is 9.28. The Morgan fingerprint density at radius 1 is 1.31 bits per heavy atom. The van der Waals surface area contributed by atoms with Gasteiger partial charge in [-0.2, -0.15) is 0 Å². The highest BCUT2D eigenvalue weighted by atomic mass is 28.3. The predicted octanol–water partition coefficient (Wildman–Crippen LogP) is 2.90. The van der Waals surface area contributed by atoms with E-state index in [9.17, 15) is 5.11 Å². The Balaban J connectivity index is 2.77. The molecule has 0 aromatic heterocycles. The quantitative estimate of drug-likeness (QED) is 0.534. The minimum absolute atomic E-state index is 0.332. The third-order valence-corrected chi connectivity index (χ3v) is 6.04. The molecule has 0 amide bonds. The van der Waals surface area contributed by atoms with E-state index in [1.165, 1.54) is 6.42 Å². The van der Waals surface area contributed by atoms with Crippen LogP contribution in [0.25, 0.3) is 0 Å². The molecule has 3 atom stereocenters. The molecule has 0 heterocycles. The van der Waals surface area contributed by atoms with Crippen LogP contribution in [0, 0.1) is 11.8 Å². The highest BCUT2D eigenvalue weighted by Crippen LogP contribution is 2.40. The van der Waals surface area contributed by atoms with Gasteiger partial charge >= 0.3 is 0 Å². The fourth-order valence-corrected chi connectivity index (χ4v) is 4.88. The lowest BCUT2D eigenvalue weighted by Gasteiger charge is -2.37. The molecule has 0 aromatic rings. The van der Waals surface area contributed by atoms with Crippen molar-refractivity contribution < 1.29 is 5.11 Å². The highest BCUT2D eigenvalue weighted by molar-refractivity contribution is 6.77. The first-order valence-electron chi connectivity index (χ1n) is 5.24. The van der Waals surface area contributed by atoms with E-state index in [-0.39, 0.29) is 0 Å². The lowest BCUT2D eigenvalue weighted by atomic mass is 9.89. The molecular formula is C11H22OSi. The average molecular weight is 198 g/mol. The number of allylic oxidation sites excluding steroid dienone is 1. The molecule has 0 spiro atoms. The molecule has 13 heavy (non-hydrogen) atoms. The van der Waals surface area contributed by atoms with Crippen molar-refractivity contribution in [2.75, 3.05) is 6.61 Å². The van der Waals surface area contributed by atoms with E-state index in [1.807, 2.05) is 0 Å². The molecule has 1 aliphatic carbocycles. The molecule has 0 fully saturated rings. The Bertz CT molecular complexity index is 193. The van der Waals surface area contributed by atoms with Crippen molar-refractivity contribution in [2.45, 2.75) is 38.5 Å². The van der Waals surface area contributed by atoms with Crippen LogP contribution in [0.15, 0.2) is 12.2 Å². The summed E-state index contributed by atoms with van der Waals surface area (Å²) in [6, 6.07) is 0. The second-order valence-corrected chi connectivity index (χ2v) is 10.9. The summed E-state index contributed by atoms with van der Waals surface area (Å²) in [6.07, 6.45) is 5.77. The van der Waals surface area contributed by atoms with Crippen LogP contribution in [0.2, 0.25) is 25.2 Å². The molecule has 0 aromatic carbocycles. The zero-order valence-electron chi connectivity index (χ0n) is 9.25. The fourth-order valence-electron chi connectivity index (χ4n) is 2.30. The Hall–Kier alpha value is -0.0831. The summed E-state index contributed by atoms with van der Waals surface area (Å²) >= 11 is 0. The van der Waals surface area contributed by atoms with Crippen LogP contribution in [0.4, 0.5) is 0 Å². The molecule has 0 bridgehead atoms. The van der Waals surface area contributed by atoms with Crippen LogP contribution in [-0.2, 0) is 0 Å². The molecule has 1 N–H and O–H groups in total. The number of aliphatic hydroxyl groups is 1. The van der Waals surface area contributed by atoms with E-state index in [0.29, 0.717) is 18.4 Å². The van der Waals surface area contributed by atoms with Crippen LogP contribution in [0.1, 0.15) is 13.3 Å². The molecule has 2 heteroatoms. The first kappa shape index (κ1) is 11.0. The van der Waals surface area contributed by atoms with E-state index in [1.54, 1.807) is 0 Å². The van der Waals surface area contributed by atoms with Crippen LogP contribution >= 0.6 is 0 Å². The van der Waals surface area contributed by atoms with Crippen LogP contribution < -0.4 is 0 Å². The standard InChI is InChI=1S/C11H22OSi/c1-9-5-6-10(8-12)11(7-9)13(2,3)4/h5-6,9-12H,7-8H2,1-4H3/t9-,10-,11-/m0/s1. The maximum Gasteiger partial charge on any atom is 0.0493 e. The van der Waals surface area contributed by atoms with Crippen LogP contribution in [0.3, 0.4) is 0 Å². The zero-order chi connectivity index (χ0) is 10.1. The van der Waals surface area contributed by atoms with Gasteiger partial charge in [0.05, 0.1) is 0 Å². The van der Waals surface area contributed by atoms with E-state index in [4.69, 9.17) is 0 Å². The smallest absolute Gasteiger partial charge is 0.0493 e. The first-order valence-corrected chi connectivity index (χ1v) is 8.82. The van der Waals surface area contributed by atoms with Gasteiger partial charge in [0.25, 0.3) is 0 Å². The van der Waals surface area contributed by atoms with Crippen molar-refractivity contribution in [3.05, 3.63) is 12.2 Å². The number of rotatable bonds is 2. The van der Waals surface area contributed by atoms with Crippen LogP contribution in [0.5, 0.6) is 0 Å². The molecule has 1 aliphatic rings. The summed E-state index contributed by atoms with van der Waals surface area (Å²) in [7, 11) is -1.09. The monoisotopic (exact) mass is 198 g/mol. The van der Waals surface area contributed by atoms with E-state index in [0.717, 1.165) is 5.54 Å². The summed E-state index contributed by atoms with van der Waals surface area (Å²) in [6.45, 7) is 9.83. The Labute approximate surface area is 82.9 Å². The van der Waals surface area contributed by atoms with Crippen molar-refractivity contribution in [3.8, 4) is 0 Å². The number of hydrogen-bond donors (Lipinski definition) is 1. The van der Waals surface area contributed by atoms with Crippen LogP contribution in [-0.4, -0.2) is 19.8 Å². The number of hydrogen-bond acceptors (Lipinski definition) is 1. The molecule has 76 valence electrons. The Kier molecular flexibility index (Phi) is 3.36. The summed E-state index contributed by atoms with van der Waals surface area (Å²) < 4.78 is 0. The molecule has 1 nitrogen and oxygen atoms in total. The van der Waals surface area contributed by atoms with Gasteiger partial charge in [-0.15, -0.1) is 0 Å². The van der Waals surface area contributed by atoms with Crippen molar-refractivity contribution in [1.82, 2.24) is 0 Å². The SMILES string of the molecule is C[C@H]1C=C[C@@H](CO)[C@@H]([Si](C)(C)C)C1. The van der Waals surface area contributed by atoms with Crippen molar-refractivity contribution in [1.29, 1.82) is 0 Å². The van der Waals surface area contributed by atoms with E-state index >= 15 is 0 Å². The Morgan fingerprint density at radius 2 is 1.92 bits per heavy atom. The highest BCUT2D eigenvalue weighted by Gasteiger charge is 2.34. The molecule has 0 radical (unpaired) electrons. The largest absolute Gasteiger partial charge is 0.396 e. The summed E-state index contributed by atoms with van der Waals surface area (Å²) in [5.74, 6) is 1.14. The lowest BCUT2D eigenvalue weighted by Crippen LogP contribution is -2.36. The van der Waals surface area contributed by atoms with Crippen molar-refractivity contribution in [2.24, 2.45) is 11.8 Å². The maximum absolute atomic E-state index is 9.28. The van der Waals surface area contributed by atoms with Crippen molar-refractivity contribution >= 4 is 8.07 Å². The molecular weight excluding hydrogens is 176 g/mol. The second kappa shape index (κ2) is 3.97. The summed E-state index contributed by atoms with van der Waals surface area (Å²) in [5, 5.41) is 9.28. The molecule has 0 unspecified atom stereocenters. The fraction of sp³-hybridized carbons (Fsp3) is 0.818. The van der Waals surface area contributed by atoms with Gasteiger partial charge in [0.15, 0.2) is 0 Å². The zero-order valence-corrected chi connectivity index (χ0v) is 10.2. The van der Waals surface area contributed by atoms with Gasteiger partial charge < -0.3 is 5.11 Å². The minimum Gasteiger partial charge on any atom is -0.396 e. The molecule has 0 saturated carbocycles. The lowest BCUT2D eigenvalue weighted by molar-refractivity contribution is 0.234. The summed E-state index contributed by atoms with van der Waals surface area (Å²) in [5.41, 5.74) is 0.762. The third-order valence-electron chi connectivity index (χ3n) is 3.15. The van der Waals surface area contributed by atoms with Gasteiger partial charge in [0, 0.05) is 20.6 Å². The third kappa shape index (κ3) is 2.68. The second-order valence-electron chi connectivity index (χ2n) is 5.42. The van der Waals surface area contributed by atoms with Gasteiger partial charge in [-0.05, 0) is 17.9 Å². The predicted molar refractivity (Wildman–Crippen MR) is 60.6 cm³/mol.